The zero-order chi connectivity index (χ0) is 14.1. The van der Waals surface area contributed by atoms with Crippen molar-refractivity contribution in [2.75, 3.05) is 10.8 Å². The van der Waals surface area contributed by atoms with Gasteiger partial charge in [-0.1, -0.05) is 46.3 Å². The van der Waals surface area contributed by atoms with Gasteiger partial charge in [-0.2, -0.15) is 0 Å². The van der Waals surface area contributed by atoms with E-state index in [1.165, 1.54) is 29.0 Å². The highest BCUT2D eigenvalue weighted by molar-refractivity contribution is 8.15. The molecule has 0 saturated carbocycles. The predicted molar refractivity (Wildman–Crippen MR) is 91.3 cm³/mol. The molecular weight excluding hydrogens is 286 g/mol. The van der Waals surface area contributed by atoms with Crippen LogP contribution >= 0.6 is 22.3 Å². The number of anilines is 1. The van der Waals surface area contributed by atoms with E-state index in [2.05, 4.69) is 46.6 Å². The zero-order valence-corrected chi connectivity index (χ0v) is 13.2. The Kier molecular flexibility index (Phi) is 3.86. The molecule has 3 heteroatoms. The van der Waals surface area contributed by atoms with Gasteiger partial charge < -0.3 is 4.31 Å². The van der Waals surface area contributed by atoms with Gasteiger partial charge in [0.2, 0.25) is 0 Å². The Morgan fingerprint density at radius 3 is 2.80 bits per heavy atom. The summed E-state index contributed by atoms with van der Waals surface area (Å²) in [6, 6.07) is 14.9. The fourth-order valence-electron chi connectivity index (χ4n) is 2.62. The third-order valence-corrected chi connectivity index (χ3v) is 5.87. The Labute approximate surface area is 128 Å². The van der Waals surface area contributed by atoms with E-state index < -0.39 is 0 Å². The minimum atomic E-state index is -0.175. The standard InChI is InChI=1S/C17H18ClNS/c1-13-12-15(9-10-16(13)18)20(2)19-11-5-7-14-6-3-4-8-17(14)19/h3-4,6,8-10,12H,2,5,7,11H2,1H3. The fourth-order valence-corrected chi connectivity index (χ4v) is 4.29. The van der Waals surface area contributed by atoms with E-state index in [9.17, 15) is 0 Å². The number of aryl methyl sites for hydroxylation is 2. The molecule has 0 aromatic heterocycles. The van der Waals surface area contributed by atoms with Crippen LogP contribution in [0, 0.1) is 6.92 Å². The summed E-state index contributed by atoms with van der Waals surface area (Å²) in [5, 5.41) is 0.824. The van der Waals surface area contributed by atoms with Crippen molar-refractivity contribution < 1.29 is 0 Å². The van der Waals surface area contributed by atoms with Crippen molar-refractivity contribution in [2.45, 2.75) is 24.7 Å². The highest BCUT2D eigenvalue weighted by Gasteiger charge is 2.18. The molecule has 1 aliphatic rings. The third-order valence-electron chi connectivity index (χ3n) is 3.74. The van der Waals surface area contributed by atoms with Crippen LogP contribution < -0.4 is 4.31 Å². The first-order valence-corrected chi connectivity index (χ1v) is 8.55. The number of hydrogen-bond acceptors (Lipinski definition) is 1. The molecule has 2 aromatic carbocycles. The number of para-hydroxylation sites is 1. The number of benzene rings is 2. The molecule has 1 atom stereocenters. The van der Waals surface area contributed by atoms with E-state index in [0.29, 0.717) is 0 Å². The summed E-state index contributed by atoms with van der Waals surface area (Å²) in [5.41, 5.74) is 3.89. The van der Waals surface area contributed by atoms with E-state index in [0.717, 1.165) is 17.1 Å². The Balaban J connectivity index is 1.97. The van der Waals surface area contributed by atoms with Crippen molar-refractivity contribution in [3.05, 3.63) is 58.6 Å². The molecule has 0 radical (unpaired) electrons. The molecule has 0 amide bonds. The molecule has 1 unspecified atom stereocenters. The molecule has 1 nitrogen and oxygen atoms in total. The molecule has 0 spiro atoms. The van der Waals surface area contributed by atoms with Crippen molar-refractivity contribution in [3.8, 4) is 0 Å². The average Bonchev–Trinajstić information content (AvgIpc) is 2.49. The van der Waals surface area contributed by atoms with Gasteiger partial charge in [0, 0.05) is 22.2 Å². The highest BCUT2D eigenvalue weighted by Crippen LogP contribution is 2.39. The summed E-state index contributed by atoms with van der Waals surface area (Å²) < 4.78 is 2.43. The maximum Gasteiger partial charge on any atom is 0.0499 e. The first kappa shape index (κ1) is 13.7. The molecule has 20 heavy (non-hydrogen) atoms. The van der Waals surface area contributed by atoms with Crippen molar-refractivity contribution >= 4 is 33.8 Å². The lowest BCUT2D eigenvalue weighted by Gasteiger charge is -2.33. The summed E-state index contributed by atoms with van der Waals surface area (Å²) in [5.74, 6) is 4.41. The van der Waals surface area contributed by atoms with Gasteiger partial charge in [-0.3, -0.25) is 0 Å². The number of hydrogen-bond donors (Lipinski definition) is 0. The minimum absolute atomic E-state index is 0.175. The van der Waals surface area contributed by atoms with Gasteiger partial charge in [0.25, 0.3) is 0 Å². The van der Waals surface area contributed by atoms with Crippen LogP contribution in [0.25, 0.3) is 0 Å². The largest absolute Gasteiger partial charge is 0.318 e. The van der Waals surface area contributed by atoms with Crippen LogP contribution in [-0.4, -0.2) is 12.4 Å². The van der Waals surface area contributed by atoms with E-state index in [1.54, 1.807) is 0 Å². The minimum Gasteiger partial charge on any atom is -0.318 e. The molecule has 0 aliphatic carbocycles. The molecule has 3 rings (SSSR count). The van der Waals surface area contributed by atoms with Crippen LogP contribution in [0.4, 0.5) is 5.69 Å². The zero-order valence-electron chi connectivity index (χ0n) is 11.6. The van der Waals surface area contributed by atoms with Gasteiger partial charge in [-0.05, 0) is 55.2 Å². The van der Waals surface area contributed by atoms with Crippen LogP contribution in [0.15, 0.2) is 47.4 Å². The van der Waals surface area contributed by atoms with Gasteiger partial charge in [0.1, 0.15) is 0 Å². The Morgan fingerprint density at radius 2 is 2.00 bits per heavy atom. The Bertz CT molecular complexity index is 666. The molecule has 0 bridgehead atoms. The molecule has 1 aliphatic heterocycles. The second-order valence-corrected chi connectivity index (χ2v) is 7.16. The normalized spacial score (nSPS) is 15.8. The third kappa shape index (κ3) is 2.50. The van der Waals surface area contributed by atoms with Crippen molar-refractivity contribution in [1.29, 1.82) is 0 Å². The SMILES string of the molecule is C=S(c1ccc(Cl)c(C)c1)N1CCCc2ccccc21. The van der Waals surface area contributed by atoms with Crippen LogP contribution in [0.3, 0.4) is 0 Å². The summed E-state index contributed by atoms with van der Waals surface area (Å²) in [6.45, 7) is 3.12. The molecular formula is C17H18ClNS. The average molecular weight is 304 g/mol. The van der Waals surface area contributed by atoms with Gasteiger partial charge in [0.05, 0.1) is 0 Å². The summed E-state index contributed by atoms with van der Waals surface area (Å²) in [7, 11) is -0.175. The second-order valence-electron chi connectivity index (χ2n) is 5.11. The Hall–Kier alpha value is -1.25. The lowest BCUT2D eigenvalue weighted by Crippen LogP contribution is -2.24. The van der Waals surface area contributed by atoms with Crippen molar-refractivity contribution in [2.24, 2.45) is 0 Å². The molecule has 0 N–H and O–H groups in total. The first-order chi connectivity index (χ1) is 9.66. The summed E-state index contributed by atoms with van der Waals surface area (Å²) >= 11 is 6.12. The molecule has 2 aromatic rings. The summed E-state index contributed by atoms with van der Waals surface area (Å²) in [4.78, 5) is 1.25. The molecule has 1 heterocycles. The lowest BCUT2D eigenvalue weighted by atomic mass is 10.0. The number of fused-ring (bicyclic) bond motifs is 1. The van der Waals surface area contributed by atoms with Crippen molar-refractivity contribution in [3.63, 3.8) is 0 Å². The molecule has 0 saturated heterocycles. The van der Waals surface area contributed by atoms with E-state index in [4.69, 9.17) is 11.6 Å². The summed E-state index contributed by atoms with van der Waals surface area (Å²) in [6.07, 6.45) is 2.37. The van der Waals surface area contributed by atoms with Gasteiger partial charge >= 0.3 is 0 Å². The lowest BCUT2D eigenvalue weighted by molar-refractivity contribution is 0.795. The fraction of sp³-hybridized carbons (Fsp3) is 0.235. The first-order valence-electron chi connectivity index (χ1n) is 6.82. The van der Waals surface area contributed by atoms with Gasteiger partial charge in [-0.25, -0.2) is 0 Å². The number of nitrogens with zero attached hydrogens (tertiary/aromatic N) is 1. The number of halogens is 1. The van der Waals surface area contributed by atoms with Crippen molar-refractivity contribution in [1.82, 2.24) is 0 Å². The van der Waals surface area contributed by atoms with E-state index >= 15 is 0 Å². The van der Waals surface area contributed by atoms with Gasteiger partial charge in [0.15, 0.2) is 0 Å². The monoisotopic (exact) mass is 303 g/mol. The Morgan fingerprint density at radius 1 is 1.20 bits per heavy atom. The number of rotatable bonds is 2. The maximum atomic E-state index is 6.12. The predicted octanol–water partition coefficient (Wildman–Crippen LogP) is 5.08. The van der Waals surface area contributed by atoms with E-state index in [-0.39, 0.29) is 10.7 Å². The van der Waals surface area contributed by atoms with Crippen LogP contribution in [0.5, 0.6) is 0 Å². The second kappa shape index (κ2) is 5.63. The quantitative estimate of drug-likeness (QED) is 0.700. The smallest absolute Gasteiger partial charge is 0.0499 e. The van der Waals surface area contributed by atoms with E-state index in [1.807, 2.05) is 13.0 Å². The van der Waals surface area contributed by atoms with Crippen LogP contribution in [0.1, 0.15) is 17.5 Å². The maximum absolute atomic E-state index is 6.12. The van der Waals surface area contributed by atoms with Crippen LogP contribution in [-0.2, 0) is 6.42 Å². The van der Waals surface area contributed by atoms with Crippen LogP contribution in [0.2, 0.25) is 5.02 Å². The molecule has 104 valence electrons. The topological polar surface area (TPSA) is 3.24 Å². The molecule has 0 fully saturated rings. The highest BCUT2D eigenvalue weighted by atomic mass is 35.5. The van der Waals surface area contributed by atoms with Gasteiger partial charge in [-0.15, -0.1) is 0 Å².